The molecule has 0 aromatic rings. The number of carbonyl (C=O) groups excluding carboxylic acids is 1. The minimum atomic E-state index is -0.758. The van der Waals surface area contributed by atoms with Crippen molar-refractivity contribution < 1.29 is 14.7 Å². The van der Waals surface area contributed by atoms with E-state index in [9.17, 15) is 9.59 Å². The summed E-state index contributed by atoms with van der Waals surface area (Å²) in [5, 5.41) is 11.9. The second-order valence-corrected chi connectivity index (χ2v) is 4.74. The lowest BCUT2D eigenvalue weighted by Crippen LogP contribution is -2.42. The van der Waals surface area contributed by atoms with Crippen molar-refractivity contribution in [1.29, 1.82) is 0 Å². The maximum atomic E-state index is 11.6. The van der Waals surface area contributed by atoms with Crippen LogP contribution in [0.5, 0.6) is 0 Å². The number of rotatable bonds is 4. The van der Waals surface area contributed by atoms with Gasteiger partial charge in [0, 0.05) is 13.6 Å². The fourth-order valence-electron chi connectivity index (χ4n) is 2.34. The normalized spacial score (nSPS) is 22.9. The van der Waals surface area contributed by atoms with Crippen molar-refractivity contribution in [2.75, 3.05) is 20.1 Å². The Morgan fingerprint density at radius 2 is 2.11 bits per heavy atom. The molecule has 2 amide bonds. The van der Waals surface area contributed by atoms with E-state index in [2.05, 4.69) is 11.2 Å². The van der Waals surface area contributed by atoms with Crippen molar-refractivity contribution in [2.24, 2.45) is 11.8 Å². The molecule has 5 heteroatoms. The number of amides is 2. The SMILES string of the molecule is C#CCN(C)C(=O)NCC1CCCCC1C(=O)O. The molecule has 1 saturated carbocycles. The van der Waals surface area contributed by atoms with Gasteiger partial charge in [0.1, 0.15) is 0 Å². The van der Waals surface area contributed by atoms with Crippen LogP contribution in [0.25, 0.3) is 0 Å². The molecule has 2 atom stereocenters. The Morgan fingerprint density at radius 3 is 2.72 bits per heavy atom. The summed E-state index contributed by atoms with van der Waals surface area (Å²) in [4.78, 5) is 24.1. The highest BCUT2D eigenvalue weighted by molar-refractivity contribution is 5.74. The van der Waals surface area contributed by atoms with Crippen molar-refractivity contribution in [3.05, 3.63) is 0 Å². The second-order valence-electron chi connectivity index (χ2n) is 4.74. The first kappa shape index (κ1) is 14.4. The van der Waals surface area contributed by atoms with Gasteiger partial charge in [-0.1, -0.05) is 18.8 Å². The third-order valence-corrected chi connectivity index (χ3v) is 3.42. The molecule has 2 unspecified atom stereocenters. The Kier molecular flexibility index (Phi) is 5.50. The van der Waals surface area contributed by atoms with Crippen LogP contribution >= 0.6 is 0 Å². The molecule has 1 aliphatic rings. The van der Waals surface area contributed by atoms with Crippen LogP contribution in [-0.2, 0) is 4.79 Å². The number of carboxylic acid groups (broad SMARTS) is 1. The quantitative estimate of drug-likeness (QED) is 0.737. The molecule has 1 fully saturated rings. The van der Waals surface area contributed by atoms with Crippen LogP contribution in [0, 0.1) is 24.2 Å². The molecule has 0 bridgehead atoms. The van der Waals surface area contributed by atoms with E-state index in [1.165, 1.54) is 4.90 Å². The van der Waals surface area contributed by atoms with Gasteiger partial charge in [-0.3, -0.25) is 4.79 Å². The zero-order valence-electron chi connectivity index (χ0n) is 10.7. The summed E-state index contributed by atoms with van der Waals surface area (Å²) in [6.07, 6.45) is 8.67. The molecule has 2 N–H and O–H groups in total. The van der Waals surface area contributed by atoms with Crippen LogP contribution in [0.2, 0.25) is 0 Å². The van der Waals surface area contributed by atoms with Crippen molar-refractivity contribution in [1.82, 2.24) is 10.2 Å². The molecule has 5 nitrogen and oxygen atoms in total. The molecule has 0 saturated heterocycles. The summed E-state index contributed by atoms with van der Waals surface area (Å²) in [5.74, 6) is 1.32. The number of carbonyl (C=O) groups is 2. The summed E-state index contributed by atoms with van der Waals surface area (Å²) in [7, 11) is 1.62. The lowest BCUT2D eigenvalue weighted by Gasteiger charge is -2.29. The highest BCUT2D eigenvalue weighted by atomic mass is 16.4. The number of aliphatic carboxylic acids is 1. The number of hydrogen-bond acceptors (Lipinski definition) is 2. The molecule has 1 rings (SSSR count). The van der Waals surface area contributed by atoms with Gasteiger partial charge in [-0.25, -0.2) is 4.79 Å². The van der Waals surface area contributed by atoms with Crippen LogP contribution in [-0.4, -0.2) is 42.1 Å². The predicted octanol–water partition coefficient (Wildman–Crippen LogP) is 1.15. The number of carboxylic acids is 1. The Bertz CT molecular complexity index is 349. The van der Waals surface area contributed by atoms with Crippen LogP contribution < -0.4 is 5.32 Å². The van der Waals surface area contributed by atoms with Gasteiger partial charge in [-0.15, -0.1) is 6.42 Å². The number of terminal acetylenes is 1. The van der Waals surface area contributed by atoms with Crippen LogP contribution in [0.1, 0.15) is 25.7 Å². The summed E-state index contributed by atoms with van der Waals surface area (Å²) in [5.41, 5.74) is 0. The summed E-state index contributed by atoms with van der Waals surface area (Å²) >= 11 is 0. The van der Waals surface area contributed by atoms with E-state index in [1.807, 2.05) is 0 Å². The van der Waals surface area contributed by atoms with E-state index in [4.69, 9.17) is 11.5 Å². The molecule has 0 aromatic carbocycles. The van der Waals surface area contributed by atoms with Gasteiger partial charge in [0.05, 0.1) is 12.5 Å². The van der Waals surface area contributed by atoms with Crippen molar-refractivity contribution >= 4 is 12.0 Å². The Morgan fingerprint density at radius 1 is 1.44 bits per heavy atom. The summed E-state index contributed by atoms with van der Waals surface area (Å²) < 4.78 is 0. The van der Waals surface area contributed by atoms with Gasteiger partial charge >= 0.3 is 12.0 Å². The average Bonchev–Trinajstić information content (AvgIpc) is 2.36. The predicted molar refractivity (Wildman–Crippen MR) is 67.9 cm³/mol. The molecule has 0 aromatic heterocycles. The third kappa shape index (κ3) is 3.95. The van der Waals surface area contributed by atoms with Gasteiger partial charge in [0.2, 0.25) is 0 Å². The molecule has 18 heavy (non-hydrogen) atoms. The average molecular weight is 252 g/mol. The molecule has 100 valence electrons. The number of nitrogens with zero attached hydrogens (tertiary/aromatic N) is 1. The Hall–Kier alpha value is -1.70. The Balaban J connectivity index is 2.43. The van der Waals surface area contributed by atoms with Gasteiger partial charge in [-0.05, 0) is 18.8 Å². The third-order valence-electron chi connectivity index (χ3n) is 3.42. The highest BCUT2D eigenvalue weighted by Crippen LogP contribution is 2.29. The minimum absolute atomic E-state index is 0.0273. The zero-order valence-corrected chi connectivity index (χ0v) is 10.7. The minimum Gasteiger partial charge on any atom is -0.481 e. The molecule has 0 aliphatic heterocycles. The van der Waals surface area contributed by atoms with E-state index >= 15 is 0 Å². The van der Waals surface area contributed by atoms with E-state index < -0.39 is 5.97 Å². The van der Waals surface area contributed by atoms with Crippen molar-refractivity contribution in [3.63, 3.8) is 0 Å². The van der Waals surface area contributed by atoms with Gasteiger partial charge in [0.15, 0.2) is 0 Å². The first-order valence-electron chi connectivity index (χ1n) is 6.21. The van der Waals surface area contributed by atoms with Gasteiger partial charge in [0.25, 0.3) is 0 Å². The molecular formula is C13H20N2O3. The van der Waals surface area contributed by atoms with Crippen molar-refractivity contribution in [3.8, 4) is 12.3 Å². The van der Waals surface area contributed by atoms with Crippen LogP contribution in [0.3, 0.4) is 0 Å². The smallest absolute Gasteiger partial charge is 0.317 e. The monoisotopic (exact) mass is 252 g/mol. The summed E-state index contributed by atoms with van der Waals surface area (Å²) in [6.45, 7) is 0.656. The fraction of sp³-hybridized carbons (Fsp3) is 0.692. The topological polar surface area (TPSA) is 69.6 Å². The van der Waals surface area contributed by atoms with E-state index in [1.54, 1.807) is 7.05 Å². The number of hydrogen-bond donors (Lipinski definition) is 2. The van der Waals surface area contributed by atoms with Crippen LogP contribution in [0.4, 0.5) is 4.79 Å². The van der Waals surface area contributed by atoms with Crippen molar-refractivity contribution in [2.45, 2.75) is 25.7 Å². The van der Waals surface area contributed by atoms with E-state index in [-0.39, 0.29) is 24.4 Å². The molecule has 1 aliphatic carbocycles. The standard InChI is InChI=1S/C13H20N2O3/c1-3-8-15(2)13(18)14-9-10-6-4-5-7-11(10)12(16)17/h1,10-11H,4-9H2,2H3,(H,14,18)(H,16,17). The number of urea groups is 1. The van der Waals surface area contributed by atoms with Crippen LogP contribution in [0.15, 0.2) is 0 Å². The highest BCUT2D eigenvalue weighted by Gasteiger charge is 2.30. The first-order valence-corrected chi connectivity index (χ1v) is 6.21. The lowest BCUT2D eigenvalue weighted by atomic mass is 9.79. The molecule has 0 radical (unpaired) electrons. The zero-order chi connectivity index (χ0) is 13.5. The van der Waals surface area contributed by atoms with E-state index in [0.717, 1.165) is 19.3 Å². The fourth-order valence-corrected chi connectivity index (χ4v) is 2.34. The maximum absolute atomic E-state index is 11.6. The summed E-state index contributed by atoms with van der Waals surface area (Å²) in [6, 6.07) is -0.248. The lowest BCUT2D eigenvalue weighted by molar-refractivity contribution is -0.144. The Labute approximate surface area is 108 Å². The number of nitrogens with one attached hydrogen (secondary N) is 1. The molecule has 0 spiro atoms. The van der Waals surface area contributed by atoms with Gasteiger partial charge in [-0.2, -0.15) is 0 Å². The van der Waals surface area contributed by atoms with E-state index in [0.29, 0.717) is 13.0 Å². The molecular weight excluding hydrogens is 232 g/mol. The second kappa shape index (κ2) is 6.90. The maximum Gasteiger partial charge on any atom is 0.317 e. The first-order chi connectivity index (χ1) is 8.56. The largest absolute Gasteiger partial charge is 0.481 e. The van der Waals surface area contributed by atoms with Gasteiger partial charge < -0.3 is 15.3 Å². The molecule has 0 heterocycles.